The summed E-state index contributed by atoms with van der Waals surface area (Å²) in [6, 6.07) is 3.36. The summed E-state index contributed by atoms with van der Waals surface area (Å²) in [7, 11) is 0. The van der Waals surface area contributed by atoms with E-state index in [1.807, 2.05) is 6.92 Å². The molecule has 1 aliphatic heterocycles. The van der Waals surface area contributed by atoms with Gasteiger partial charge in [-0.05, 0) is 33.1 Å². The molecule has 0 bridgehead atoms. The molecule has 0 atom stereocenters. The second-order valence-corrected chi connectivity index (χ2v) is 5.85. The van der Waals surface area contributed by atoms with Crippen LogP contribution in [0.2, 0.25) is 0 Å². The largest absolute Gasteiger partial charge is 0.467 e. The first-order chi connectivity index (χ1) is 11.6. The van der Waals surface area contributed by atoms with E-state index in [-0.39, 0.29) is 12.5 Å². The standard InChI is InChI=1S/C16H21N5O3/c1-11-8-15(19-16(17-11)21-6-4-3-5-7-21)23-10-14(22)18-13-9-12(2)24-20-13/h8-9H,3-7,10H2,1-2H3,(H,18,20,22). The van der Waals surface area contributed by atoms with Crippen LogP contribution < -0.4 is 15.0 Å². The molecule has 1 N–H and O–H groups in total. The fraction of sp³-hybridized carbons (Fsp3) is 0.500. The fourth-order valence-corrected chi connectivity index (χ4v) is 2.58. The monoisotopic (exact) mass is 331 g/mol. The highest BCUT2D eigenvalue weighted by atomic mass is 16.5. The summed E-state index contributed by atoms with van der Waals surface area (Å²) in [5, 5.41) is 6.31. The van der Waals surface area contributed by atoms with E-state index in [1.165, 1.54) is 6.42 Å². The van der Waals surface area contributed by atoms with Crippen LogP contribution in [0.15, 0.2) is 16.7 Å². The first kappa shape index (κ1) is 16.2. The number of aromatic nitrogens is 3. The molecule has 128 valence electrons. The van der Waals surface area contributed by atoms with Crippen molar-refractivity contribution in [2.24, 2.45) is 0 Å². The number of piperidine rings is 1. The van der Waals surface area contributed by atoms with Crippen molar-refractivity contribution < 1.29 is 14.1 Å². The molecule has 0 saturated carbocycles. The predicted molar refractivity (Wildman–Crippen MR) is 88.2 cm³/mol. The molecule has 3 rings (SSSR count). The molecular formula is C16H21N5O3. The molecule has 3 heterocycles. The van der Waals surface area contributed by atoms with Gasteiger partial charge in [0.15, 0.2) is 12.4 Å². The van der Waals surface area contributed by atoms with Crippen LogP contribution in [0.4, 0.5) is 11.8 Å². The lowest BCUT2D eigenvalue weighted by Crippen LogP contribution is -2.31. The van der Waals surface area contributed by atoms with E-state index in [1.54, 1.807) is 19.1 Å². The number of hydrogen-bond acceptors (Lipinski definition) is 7. The molecule has 8 nitrogen and oxygen atoms in total. The molecule has 0 aromatic carbocycles. The minimum atomic E-state index is -0.320. The fourth-order valence-electron chi connectivity index (χ4n) is 2.58. The molecule has 2 aromatic heterocycles. The van der Waals surface area contributed by atoms with Crippen molar-refractivity contribution in [2.75, 3.05) is 29.9 Å². The van der Waals surface area contributed by atoms with Crippen LogP contribution in [0.5, 0.6) is 5.88 Å². The molecule has 0 radical (unpaired) electrons. The summed E-state index contributed by atoms with van der Waals surface area (Å²) < 4.78 is 10.4. The highest BCUT2D eigenvalue weighted by Gasteiger charge is 2.15. The third-order valence-corrected chi connectivity index (χ3v) is 3.70. The first-order valence-corrected chi connectivity index (χ1v) is 8.07. The Kier molecular flexibility index (Phi) is 4.93. The van der Waals surface area contributed by atoms with Crippen molar-refractivity contribution in [3.05, 3.63) is 23.6 Å². The quantitative estimate of drug-likeness (QED) is 0.896. The van der Waals surface area contributed by atoms with E-state index in [4.69, 9.17) is 9.26 Å². The number of nitrogens with zero attached hydrogens (tertiary/aromatic N) is 4. The van der Waals surface area contributed by atoms with Crippen molar-refractivity contribution in [3.8, 4) is 5.88 Å². The van der Waals surface area contributed by atoms with Gasteiger partial charge in [0.25, 0.3) is 5.91 Å². The molecule has 0 spiro atoms. The normalized spacial score (nSPS) is 14.5. The summed E-state index contributed by atoms with van der Waals surface area (Å²) >= 11 is 0. The van der Waals surface area contributed by atoms with Gasteiger partial charge in [-0.2, -0.15) is 4.98 Å². The molecule has 8 heteroatoms. The molecule has 0 aliphatic carbocycles. The van der Waals surface area contributed by atoms with Gasteiger partial charge in [0, 0.05) is 30.9 Å². The van der Waals surface area contributed by atoms with E-state index in [9.17, 15) is 4.79 Å². The Morgan fingerprint density at radius 3 is 2.75 bits per heavy atom. The number of aryl methyl sites for hydroxylation is 2. The van der Waals surface area contributed by atoms with Crippen LogP contribution in [-0.4, -0.2) is 40.7 Å². The lowest BCUT2D eigenvalue weighted by Gasteiger charge is -2.26. The van der Waals surface area contributed by atoms with Gasteiger partial charge in [-0.25, -0.2) is 4.98 Å². The van der Waals surface area contributed by atoms with Crippen molar-refractivity contribution in [3.63, 3.8) is 0 Å². The summed E-state index contributed by atoms with van der Waals surface area (Å²) in [5.74, 6) is 1.74. The van der Waals surface area contributed by atoms with Gasteiger partial charge in [-0.1, -0.05) is 5.16 Å². The second kappa shape index (κ2) is 7.29. The Morgan fingerprint density at radius 2 is 2.04 bits per heavy atom. The van der Waals surface area contributed by atoms with Crippen LogP contribution in [-0.2, 0) is 4.79 Å². The van der Waals surface area contributed by atoms with Gasteiger partial charge in [0.1, 0.15) is 5.76 Å². The molecule has 1 saturated heterocycles. The average molecular weight is 331 g/mol. The number of ether oxygens (including phenoxy) is 1. The maximum Gasteiger partial charge on any atom is 0.263 e. The van der Waals surface area contributed by atoms with Crippen molar-refractivity contribution in [2.45, 2.75) is 33.1 Å². The molecule has 24 heavy (non-hydrogen) atoms. The van der Waals surface area contributed by atoms with E-state index < -0.39 is 0 Å². The van der Waals surface area contributed by atoms with E-state index in [0.717, 1.165) is 31.6 Å². The van der Waals surface area contributed by atoms with Gasteiger partial charge in [-0.3, -0.25) is 4.79 Å². The van der Waals surface area contributed by atoms with Gasteiger partial charge in [0.05, 0.1) is 0 Å². The maximum absolute atomic E-state index is 11.9. The third kappa shape index (κ3) is 4.21. The topological polar surface area (TPSA) is 93.4 Å². The van der Waals surface area contributed by atoms with Gasteiger partial charge >= 0.3 is 0 Å². The molecule has 1 aliphatic rings. The highest BCUT2D eigenvalue weighted by Crippen LogP contribution is 2.19. The van der Waals surface area contributed by atoms with Crippen LogP contribution >= 0.6 is 0 Å². The summed E-state index contributed by atoms with van der Waals surface area (Å²) in [6.45, 7) is 5.40. The second-order valence-electron chi connectivity index (χ2n) is 5.85. The predicted octanol–water partition coefficient (Wildman–Crippen LogP) is 2.09. The number of carbonyl (C=O) groups excluding carboxylic acids is 1. The third-order valence-electron chi connectivity index (χ3n) is 3.70. The smallest absolute Gasteiger partial charge is 0.263 e. The lowest BCUT2D eigenvalue weighted by molar-refractivity contribution is -0.118. The van der Waals surface area contributed by atoms with E-state index in [0.29, 0.717) is 23.4 Å². The van der Waals surface area contributed by atoms with Gasteiger partial charge in [0.2, 0.25) is 11.8 Å². The van der Waals surface area contributed by atoms with Crippen molar-refractivity contribution >= 4 is 17.7 Å². The Labute approximate surface area is 140 Å². The van der Waals surface area contributed by atoms with Crippen LogP contribution in [0.1, 0.15) is 30.7 Å². The maximum atomic E-state index is 11.9. The zero-order valence-corrected chi connectivity index (χ0v) is 13.9. The summed E-state index contributed by atoms with van der Waals surface area (Å²) in [6.07, 6.45) is 3.54. The minimum Gasteiger partial charge on any atom is -0.467 e. The zero-order valence-electron chi connectivity index (χ0n) is 13.9. The number of rotatable bonds is 5. The highest BCUT2D eigenvalue weighted by molar-refractivity contribution is 5.90. The summed E-state index contributed by atoms with van der Waals surface area (Å²) in [4.78, 5) is 22.9. The Balaban J connectivity index is 1.60. The van der Waals surface area contributed by atoms with Gasteiger partial charge in [-0.15, -0.1) is 0 Å². The Bertz CT molecular complexity index is 709. The van der Waals surface area contributed by atoms with E-state index in [2.05, 4.69) is 25.3 Å². The van der Waals surface area contributed by atoms with Crippen LogP contribution in [0.3, 0.4) is 0 Å². The average Bonchev–Trinajstić information content (AvgIpc) is 2.98. The summed E-state index contributed by atoms with van der Waals surface area (Å²) in [5.41, 5.74) is 0.813. The minimum absolute atomic E-state index is 0.151. The van der Waals surface area contributed by atoms with Crippen LogP contribution in [0, 0.1) is 13.8 Å². The Morgan fingerprint density at radius 1 is 1.25 bits per heavy atom. The first-order valence-electron chi connectivity index (χ1n) is 8.07. The Hall–Kier alpha value is -2.64. The number of hydrogen-bond donors (Lipinski definition) is 1. The van der Waals surface area contributed by atoms with E-state index >= 15 is 0 Å². The lowest BCUT2D eigenvalue weighted by atomic mass is 10.1. The SMILES string of the molecule is Cc1cc(OCC(=O)Nc2cc(C)on2)nc(N2CCCCC2)n1. The molecule has 1 amide bonds. The molecular weight excluding hydrogens is 310 g/mol. The molecule has 0 unspecified atom stereocenters. The number of carbonyl (C=O) groups is 1. The van der Waals surface area contributed by atoms with Crippen molar-refractivity contribution in [1.29, 1.82) is 0 Å². The number of nitrogens with one attached hydrogen (secondary N) is 1. The van der Waals surface area contributed by atoms with Crippen molar-refractivity contribution in [1.82, 2.24) is 15.1 Å². The van der Waals surface area contributed by atoms with Gasteiger partial charge < -0.3 is 19.5 Å². The zero-order chi connectivity index (χ0) is 16.9. The number of anilines is 2. The number of amides is 1. The molecule has 2 aromatic rings. The molecule has 1 fully saturated rings. The van der Waals surface area contributed by atoms with Crippen LogP contribution in [0.25, 0.3) is 0 Å².